The second-order valence-electron chi connectivity index (χ2n) is 5.47. The molecule has 2 aromatic rings. The van der Waals surface area contributed by atoms with E-state index in [1.807, 2.05) is 41.8 Å². The molecule has 118 valence electrons. The van der Waals surface area contributed by atoms with E-state index in [0.29, 0.717) is 6.42 Å². The predicted octanol–water partition coefficient (Wildman–Crippen LogP) is 3.29. The lowest BCUT2D eigenvalue weighted by Crippen LogP contribution is -2.16. The van der Waals surface area contributed by atoms with E-state index in [2.05, 4.69) is 29.6 Å². The number of thiophene rings is 1. The Bertz CT molecular complexity index is 564. The number of benzene rings is 1. The third-order valence-electron chi connectivity index (χ3n) is 3.19. The maximum Gasteiger partial charge on any atom is 0.229 e. The van der Waals surface area contributed by atoms with Crippen LogP contribution in [0.25, 0.3) is 0 Å². The van der Waals surface area contributed by atoms with Crippen molar-refractivity contribution in [3.8, 4) is 0 Å². The molecule has 0 fully saturated rings. The molecule has 0 radical (unpaired) electrons. The third-order valence-corrected chi connectivity index (χ3v) is 4.07. The normalized spacial score (nSPS) is 10.7. The van der Waals surface area contributed by atoms with Crippen LogP contribution in [-0.2, 0) is 11.2 Å². The number of hydrogen-bond donors (Lipinski definition) is 2. The van der Waals surface area contributed by atoms with Gasteiger partial charge in [-0.15, -0.1) is 11.3 Å². The fourth-order valence-corrected chi connectivity index (χ4v) is 2.78. The van der Waals surface area contributed by atoms with Crippen molar-refractivity contribution in [2.45, 2.75) is 12.8 Å². The summed E-state index contributed by atoms with van der Waals surface area (Å²) in [4.78, 5) is 15.2. The van der Waals surface area contributed by atoms with Crippen molar-refractivity contribution in [2.24, 2.45) is 0 Å². The van der Waals surface area contributed by atoms with Gasteiger partial charge in [-0.1, -0.05) is 6.07 Å². The summed E-state index contributed by atoms with van der Waals surface area (Å²) in [5.41, 5.74) is 1.91. The molecule has 1 aromatic carbocycles. The third kappa shape index (κ3) is 5.87. The number of nitrogens with one attached hydrogen (secondary N) is 2. The number of amides is 1. The van der Waals surface area contributed by atoms with Crippen molar-refractivity contribution in [2.75, 3.05) is 37.8 Å². The van der Waals surface area contributed by atoms with E-state index in [-0.39, 0.29) is 5.91 Å². The van der Waals surface area contributed by atoms with E-state index >= 15 is 0 Å². The summed E-state index contributed by atoms with van der Waals surface area (Å²) >= 11 is 1.60. The van der Waals surface area contributed by atoms with E-state index in [1.165, 1.54) is 0 Å². The van der Waals surface area contributed by atoms with Crippen LogP contribution < -0.4 is 10.6 Å². The molecule has 0 aliphatic heterocycles. The molecule has 5 heteroatoms. The van der Waals surface area contributed by atoms with Gasteiger partial charge in [0, 0.05) is 22.8 Å². The van der Waals surface area contributed by atoms with Crippen molar-refractivity contribution < 1.29 is 4.79 Å². The van der Waals surface area contributed by atoms with Crippen molar-refractivity contribution >= 4 is 28.6 Å². The average Bonchev–Trinajstić information content (AvgIpc) is 2.98. The monoisotopic (exact) mass is 317 g/mol. The van der Waals surface area contributed by atoms with Crippen LogP contribution in [0.3, 0.4) is 0 Å². The number of nitrogens with zero attached hydrogens (tertiary/aromatic N) is 1. The molecular formula is C17H23N3OS. The minimum Gasteiger partial charge on any atom is -0.385 e. The molecule has 2 N–H and O–H groups in total. The molecule has 0 aliphatic carbocycles. The highest BCUT2D eigenvalue weighted by Crippen LogP contribution is 2.15. The van der Waals surface area contributed by atoms with Crippen LogP contribution in [0.2, 0.25) is 0 Å². The fourth-order valence-electron chi connectivity index (χ4n) is 2.08. The second-order valence-corrected chi connectivity index (χ2v) is 6.50. The molecule has 2 rings (SSSR count). The van der Waals surface area contributed by atoms with Gasteiger partial charge in [0.2, 0.25) is 5.91 Å². The first-order valence-electron chi connectivity index (χ1n) is 7.44. The van der Waals surface area contributed by atoms with Crippen molar-refractivity contribution in [3.05, 3.63) is 46.7 Å². The van der Waals surface area contributed by atoms with Crippen LogP contribution in [0.4, 0.5) is 11.4 Å². The van der Waals surface area contributed by atoms with Crippen LogP contribution in [0.5, 0.6) is 0 Å². The van der Waals surface area contributed by atoms with Gasteiger partial charge in [0.25, 0.3) is 0 Å². The number of anilines is 2. The number of hydrogen-bond acceptors (Lipinski definition) is 4. The Kier molecular flexibility index (Phi) is 6.43. The molecule has 1 amide bonds. The molecule has 0 saturated heterocycles. The number of carbonyl (C=O) groups excluding carboxylic acids is 1. The Hall–Kier alpha value is -1.85. The predicted molar refractivity (Wildman–Crippen MR) is 94.8 cm³/mol. The molecule has 0 atom stereocenters. The highest BCUT2D eigenvalue weighted by molar-refractivity contribution is 7.10. The Morgan fingerprint density at radius 2 is 1.86 bits per heavy atom. The van der Waals surface area contributed by atoms with Gasteiger partial charge in [-0.25, -0.2) is 0 Å². The molecule has 4 nitrogen and oxygen atoms in total. The maximum absolute atomic E-state index is 11.9. The lowest BCUT2D eigenvalue weighted by Gasteiger charge is -2.11. The second kappa shape index (κ2) is 8.56. The molecule has 0 unspecified atom stereocenters. The molecule has 1 aromatic heterocycles. The smallest absolute Gasteiger partial charge is 0.229 e. The van der Waals surface area contributed by atoms with Gasteiger partial charge in [-0.05, 0) is 62.8 Å². The fraction of sp³-hybridized carbons (Fsp3) is 0.353. The average molecular weight is 317 g/mol. The summed E-state index contributed by atoms with van der Waals surface area (Å²) in [5, 5.41) is 8.29. The molecule has 0 saturated carbocycles. The van der Waals surface area contributed by atoms with Crippen LogP contribution in [-0.4, -0.2) is 38.0 Å². The highest BCUT2D eigenvalue weighted by Gasteiger charge is 2.04. The van der Waals surface area contributed by atoms with Gasteiger partial charge < -0.3 is 15.5 Å². The minimum atomic E-state index is 0.0224. The van der Waals surface area contributed by atoms with Crippen LogP contribution in [0.1, 0.15) is 11.3 Å². The van der Waals surface area contributed by atoms with Crippen LogP contribution >= 0.6 is 11.3 Å². The zero-order chi connectivity index (χ0) is 15.8. The van der Waals surface area contributed by atoms with E-state index in [0.717, 1.165) is 35.8 Å². The Balaban J connectivity index is 1.75. The Morgan fingerprint density at radius 3 is 2.50 bits per heavy atom. The summed E-state index contributed by atoms with van der Waals surface area (Å²) in [5.74, 6) is 0.0224. The number of carbonyl (C=O) groups is 1. The van der Waals surface area contributed by atoms with E-state index in [1.54, 1.807) is 11.3 Å². The van der Waals surface area contributed by atoms with Crippen molar-refractivity contribution in [1.29, 1.82) is 0 Å². The molecule has 0 spiro atoms. The molecule has 0 aliphatic rings. The largest absolute Gasteiger partial charge is 0.385 e. The van der Waals surface area contributed by atoms with Gasteiger partial charge in [0.05, 0.1) is 6.42 Å². The SMILES string of the molecule is CN(C)CCCNc1ccc(NC(=O)Cc2cccs2)cc1. The number of rotatable bonds is 8. The summed E-state index contributed by atoms with van der Waals surface area (Å²) in [6.07, 6.45) is 1.54. The summed E-state index contributed by atoms with van der Waals surface area (Å²) in [6, 6.07) is 11.8. The van der Waals surface area contributed by atoms with E-state index < -0.39 is 0 Å². The first-order valence-corrected chi connectivity index (χ1v) is 8.32. The van der Waals surface area contributed by atoms with Crippen LogP contribution in [0, 0.1) is 0 Å². The van der Waals surface area contributed by atoms with Gasteiger partial charge >= 0.3 is 0 Å². The lowest BCUT2D eigenvalue weighted by atomic mass is 10.2. The molecule has 22 heavy (non-hydrogen) atoms. The topological polar surface area (TPSA) is 44.4 Å². The molecular weight excluding hydrogens is 294 g/mol. The molecule has 1 heterocycles. The van der Waals surface area contributed by atoms with E-state index in [4.69, 9.17) is 0 Å². The summed E-state index contributed by atoms with van der Waals surface area (Å²) < 4.78 is 0. The highest BCUT2D eigenvalue weighted by atomic mass is 32.1. The van der Waals surface area contributed by atoms with Crippen molar-refractivity contribution in [1.82, 2.24) is 4.90 Å². The maximum atomic E-state index is 11.9. The lowest BCUT2D eigenvalue weighted by molar-refractivity contribution is -0.115. The van der Waals surface area contributed by atoms with Gasteiger partial charge in [0.1, 0.15) is 0 Å². The first kappa shape index (κ1) is 16.5. The summed E-state index contributed by atoms with van der Waals surface area (Å²) in [6.45, 7) is 2.02. The summed E-state index contributed by atoms with van der Waals surface area (Å²) in [7, 11) is 4.15. The Labute approximate surface area is 136 Å². The van der Waals surface area contributed by atoms with Gasteiger partial charge in [-0.2, -0.15) is 0 Å². The minimum absolute atomic E-state index is 0.0224. The standard InChI is InChI=1S/C17H23N3OS/c1-20(2)11-4-10-18-14-6-8-15(9-7-14)19-17(21)13-16-5-3-12-22-16/h3,5-9,12,18H,4,10-11,13H2,1-2H3,(H,19,21). The zero-order valence-electron chi connectivity index (χ0n) is 13.1. The van der Waals surface area contributed by atoms with Gasteiger partial charge in [-0.3, -0.25) is 4.79 Å². The van der Waals surface area contributed by atoms with Crippen molar-refractivity contribution in [3.63, 3.8) is 0 Å². The van der Waals surface area contributed by atoms with Gasteiger partial charge in [0.15, 0.2) is 0 Å². The van der Waals surface area contributed by atoms with Crippen LogP contribution in [0.15, 0.2) is 41.8 Å². The Morgan fingerprint density at radius 1 is 1.14 bits per heavy atom. The first-order chi connectivity index (χ1) is 10.6. The molecule has 0 bridgehead atoms. The zero-order valence-corrected chi connectivity index (χ0v) is 14.0. The quantitative estimate of drug-likeness (QED) is 0.734. The van der Waals surface area contributed by atoms with E-state index in [9.17, 15) is 4.79 Å².